The SMILES string of the molecule is CC(=O)N[C@@H](CC(C)C)C(=O)N[C@H](C(=O)N[C@@H](Cc1ccccc1)C(=O)N[C@]1(C)CCCCCC/C=C/CCC[C@@](C)(C(=O)NC(C)C(N)=O)NN[C@@H](CC(C)C)C(=O)C(=O)[C@H](CCC(N)=O)NC(=O)C(C)NC(=O)[C@H](Cc2c[nH]c3ccccc23)NC(=O)[C@H](Cc2ccc(O)cc2)NC(=O)[C@H](Cc2cnc[nH]2)NC1=O)[C@@H](C)O. The van der Waals surface area contributed by atoms with Crippen molar-refractivity contribution in [3.8, 4) is 5.75 Å². The minimum absolute atomic E-state index is 0.00954. The van der Waals surface area contributed by atoms with E-state index in [4.69, 9.17) is 11.5 Å². The minimum Gasteiger partial charge on any atom is -0.508 e. The Morgan fingerprint density at radius 2 is 1.22 bits per heavy atom. The topological polar surface area (TPSA) is 520 Å². The molecular weight excluding hydrogens is 1470 g/mol. The molecule has 2 unspecified atom stereocenters. The lowest BCUT2D eigenvalue weighted by Gasteiger charge is -2.34. The van der Waals surface area contributed by atoms with Gasteiger partial charge < -0.3 is 84.8 Å². The number of rotatable bonds is 26. The number of fused-ring (bicyclic) bond motifs is 1. The second-order valence-electron chi connectivity index (χ2n) is 30.8. The molecule has 13 atom stereocenters. The summed E-state index contributed by atoms with van der Waals surface area (Å²) in [5, 5.41) is 49.0. The van der Waals surface area contributed by atoms with E-state index in [0.29, 0.717) is 78.2 Å². The van der Waals surface area contributed by atoms with Gasteiger partial charge in [-0.2, -0.15) is 0 Å². The van der Waals surface area contributed by atoms with Crippen molar-refractivity contribution >= 4 is 93.4 Å². The van der Waals surface area contributed by atoms with Crippen LogP contribution in [0.3, 0.4) is 0 Å². The van der Waals surface area contributed by atoms with Crippen molar-refractivity contribution < 1.29 is 77.3 Å². The highest BCUT2D eigenvalue weighted by molar-refractivity contribution is 6.41. The Morgan fingerprint density at radius 3 is 1.84 bits per heavy atom. The normalized spacial score (nSPS) is 23.0. The van der Waals surface area contributed by atoms with Crippen LogP contribution in [0.1, 0.15) is 175 Å². The molecule has 6 rings (SSSR count). The van der Waals surface area contributed by atoms with Gasteiger partial charge in [-0.1, -0.05) is 120 Å². The molecule has 0 radical (unpaired) electrons. The summed E-state index contributed by atoms with van der Waals surface area (Å²) in [5.74, 6) is -13.0. The Labute approximate surface area is 663 Å². The van der Waals surface area contributed by atoms with Crippen LogP contribution in [0.5, 0.6) is 5.75 Å². The van der Waals surface area contributed by atoms with E-state index in [1.54, 1.807) is 74.6 Å². The first-order chi connectivity index (χ1) is 53.9. The number of phenolic OH excluding ortho intramolecular Hbond substituents is 1. The van der Waals surface area contributed by atoms with Crippen molar-refractivity contribution in [2.75, 3.05) is 0 Å². The van der Waals surface area contributed by atoms with Crippen molar-refractivity contribution in [1.82, 2.24) is 79.0 Å². The number of amides is 12. The number of carbonyl (C=O) groups is 14. The highest BCUT2D eigenvalue weighted by atomic mass is 16.3. The molecule has 2 aromatic heterocycles. The van der Waals surface area contributed by atoms with E-state index in [1.165, 1.54) is 78.3 Å². The number of H-pyrrole nitrogens is 2. The molecule has 1 aliphatic heterocycles. The number of carbonyl (C=O) groups excluding carboxylic acids is 14. The van der Waals surface area contributed by atoms with Gasteiger partial charge >= 0.3 is 0 Å². The quantitative estimate of drug-likeness (QED) is 0.0277. The summed E-state index contributed by atoms with van der Waals surface area (Å²) < 4.78 is 0. The van der Waals surface area contributed by atoms with Crippen LogP contribution in [-0.4, -0.2) is 185 Å². The first-order valence-electron chi connectivity index (χ1n) is 38.8. The van der Waals surface area contributed by atoms with Gasteiger partial charge in [-0.25, -0.2) is 15.8 Å². The van der Waals surface area contributed by atoms with E-state index < -0.39 is 173 Å². The summed E-state index contributed by atoms with van der Waals surface area (Å²) in [5.41, 5.74) is 16.0. The number of aromatic nitrogens is 3. The highest BCUT2D eigenvalue weighted by Gasteiger charge is 2.43. The Kier molecular flexibility index (Phi) is 35.6. The number of para-hydroxylation sites is 1. The lowest BCUT2D eigenvalue weighted by molar-refractivity contribution is -0.141. The maximum Gasteiger partial charge on any atom is 0.246 e. The van der Waals surface area contributed by atoms with Gasteiger partial charge in [0.1, 0.15) is 65.2 Å². The van der Waals surface area contributed by atoms with E-state index in [-0.39, 0.29) is 69.0 Å². The summed E-state index contributed by atoms with van der Waals surface area (Å²) in [4.78, 5) is 210. The van der Waals surface area contributed by atoms with Crippen LogP contribution < -0.4 is 75.5 Å². The first kappa shape index (κ1) is 91.7. The summed E-state index contributed by atoms with van der Waals surface area (Å²) in [6.07, 6.45) is 8.41. The number of aliphatic hydroxyl groups is 1. The van der Waals surface area contributed by atoms with E-state index in [1.807, 2.05) is 26.0 Å². The highest BCUT2D eigenvalue weighted by Crippen LogP contribution is 2.24. The third-order valence-corrected chi connectivity index (χ3v) is 19.8. The molecule has 5 aromatic rings. The number of nitrogens with zero attached hydrogens (tertiary/aromatic N) is 1. The maximum absolute atomic E-state index is 15.6. The summed E-state index contributed by atoms with van der Waals surface area (Å²) >= 11 is 0. The molecule has 33 nitrogen and oxygen atoms in total. The standard InChI is InChI=1S/C81H115N17O16/c1-46(2)37-60-69(104)68(103)59(33-34-66(82)102)90-71(106)49(6)87-72(107)64(41-54-43-85-58-28-22-21-27-57(54)58)92-73(108)62(40-53-29-31-56(101)32-30-53)91-74(109)65(42-55-44-84-45-86-55)94-78(113)80(9,35-23-16-14-12-11-13-15-17-24-36-81(10,98-97-60)79(114)88-48(5)70(83)105)96-76(111)63(39-52-25-19-18-20-26-52)93-77(112)67(50(7)99)95-75(110)61(38-47(3)4)89-51(8)100/h13,15,18-22,25-32,43-50,59-65,67,85,97-99,101H,11-12,14,16-17,23-24,33-42H2,1-10H3,(H2,82,102)(H2,83,105)(H,84,86)(H,87,107)(H,88,114)(H,89,100)(H,90,106)(H,91,109)(H,92,108)(H,93,112)(H,94,113)(H,95,110)(H,96,111)/b15-13+/t48?,49?,50-,59+,60+,61+,62+,63+,64+,65+,67+,80-,81+/m1/s1. The lowest BCUT2D eigenvalue weighted by Crippen LogP contribution is -2.65. The van der Waals surface area contributed by atoms with Crippen LogP contribution in [0.25, 0.3) is 10.9 Å². The number of Topliss-reactive ketones (excluding diaryl/α,β-unsaturated/α-hetero) is 2. The second kappa shape index (κ2) is 44.3. The number of aromatic hydroxyl groups is 1. The number of hydrazine groups is 1. The molecule has 0 spiro atoms. The number of imidazole rings is 1. The molecule has 114 heavy (non-hydrogen) atoms. The van der Waals surface area contributed by atoms with Gasteiger partial charge in [-0.15, -0.1) is 0 Å². The number of hydrogen-bond donors (Lipinski definition) is 18. The molecule has 620 valence electrons. The number of ketones is 2. The third-order valence-electron chi connectivity index (χ3n) is 19.8. The molecule has 0 saturated heterocycles. The molecule has 20 N–H and O–H groups in total. The molecule has 0 fully saturated rings. The van der Waals surface area contributed by atoms with Crippen LogP contribution in [0.15, 0.2) is 110 Å². The fourth-order valence-electron chi connectivity index (χ4n) is 13.1. The zero-order valence-corrected chi connectivity index (χ0v) is 66.6. The number of primary amides is 2. The molecule has 0 aliphatic carbocycles. The van der Waals surface area contributed by atoms with E-state index in [2.05, 4.69) is 79.0 Å². The average Bonchev–Trinajstić information content (AvgIpc) is 1.39. The van der Waals surface area contributed by atoms with E-state index in [0.717, 1.165) is 0 Å². The summed E-state index contributed by atoms with van der Waals surface area (Å²) in [6.45, 7) is 15.4. The number of nitrogens with two attached hydrogens (primary N) is 2. The number of aromatic amines is 2. The molecule has 33 heteroatoms. The number of aliphatic hydroxyl groups excluding tert-OH is 1. The zero-order valence-electron chi connectivity index (χ0n) is 66.6. The summed E-state index contributed by atoms with van der Waals surface area (Å²) in [6, 6.07) is 6.61. The fourth-order valence-corrected chi connectivity index (χ4v) is 13.1. The van der Waals surface area contributed by atoms with E-state index in [9.17, 15) is 53.4 Å². The number of hydrogen-bond acceptors (Lipinski definition) is 19. The Balaban J connectivity index is 1.44. The summed E-state index contributed by atoms with van der Waals surface area (Å²) in [7, 11) is 0. The van der Waals surface area contributed by atoms with Crippen LogP contribution in [0.4, 0.5) is 0 Å². The predicted molar refractivity (Wildman–Crippen MR) is 425 cm³/mol. The van der Waals surface area contributed by atoms with Crippen molar-refractivity contribution in [1.29, 1.82) is 0 Å². The average molecular weight is 1580 g/mol. The van der Waals surface area contributed by atoms with Crippen molar-refractivity contribution in [3.63, 3.8) is 0 Å². The Hall–Kier alpha value is -11.2. The van der Waals surface area contributed by atoms with Crippen molar-refractivity contribution in [3.05, 3.63) is 132 Å². The van der Waals surface area contributed by atoms with Gasteiger partial charge in [0.05, 0.1) is 24.5 Å². The van der Waals surface area contributed by atoms with Crippen LogP contribution >= 0.6 is 0 Å². The maximum atomic E-state index is 15.6. The van der Waals surface area contributed by atoms with Gasteiger partial charge in [-0.05, 0) is 139 Å². The zero-order chi connectivity index (χ0) is 84.0. The van der Waals surface area contributed by atoms with Gasteiger partial charge in [-0.3, -0.25) is 67.1 Å². The van der Waals surface area contributed by atoms with Crippen LogP contribution in [0.2, 0.25) is 0 Å². The Bertz CT molecular complexity index is 4150. The van der Waals surface area contributed by atoms with E-state index >= 15 is 24.0 Å². The van der Waals surface area contributed by atoms with Crippen molar-refractivity contribution in [2.24, 2.45) is 23.3 Å². The molecule has 0 bridgehead atoms. The molecule has 0 saturated carbocycles. The molecule has 3 aromatic carbocycles. The largest absolute Gasteiger partial charge is 0.508 e. The van der Waals surface area contributed by atoms with Gasteiger partial charge in [0.25, 0.3) is 0 Å². The monoisotopic (exact) mass is 1580 g/mol. The minimum atomic E-state index is -1.93. The third kappa shape index (κ3) is 29.1. The van der Waals surface area contributed by atoms with Crippen LogP contribution in [-0.2, 0) is 92.8 Å². The fraction of sp³-hybridized carbons (Fsp3) is 0.519. The number of allylic oxidation sites excluding steroid dienone is 2. The first-order valence-corrected chi connectivity index (χ1v) is 38.8. The predicted octanol–water partition coefficient (Wildman–Crippen LogP) is 1.83. The Morgan fingerprint density at radius 1 is 0.605 bits per heavy atom. The molecule has 1 aliphatic rings. The second-order valence-corrected chi connectivity index (χ2v) is 30.8. The lowest BCUT2D eigenvalue weighted by atomic mass is 9.91. The molecule has 3 heterocycles. The van der Waals surface area contributed by atoms with Crippen molar-refractivity contribution in [2.45, 2.75) is 256 Å². The number of nitrogens with one attached hydrogen (secondary N) is 14. The molecule has 12 amide bonds. The van der Waals surface area contributed by atoms with Crippen LogP contribution in [0, 0.1) is 11.8 Å². The smallest absolute Gasteiger partial charge is 0.246 e. The van der Waals surface area contributed by atoms with Gasteiger partial charge in [0.2, 0.25) is 82.5 Å². The number of benzene rings is 3. The van der Waals surface area contributed by atoms with Gasteiger partial charge in [0.15, 0.2) is 0 Å². The number of phenols is 1. The van der Waals surface area contributed by atoms with Gasteiger partial charge in [0, 0.05) is 68.0 Å². The molecular formula is C81H115N17O16.